The Morgan fingerprint density at radius 1 is 0.913 bits per heavy atom. The fourth-order valence-electron chi connectivity index (χ4n) is 3.74. The van der Waals surface area contributed by atoms with Gasteiger partial charge in [0.05, 0.1) is 0 Å². The van der Waals surface area contributed by atoms with Crippen LogP contribution in [0.2, 0.25) is 0 Å². The Morgan fingerprint density at radius 2 is 1.52 bits per heavy atom. The number of carbonyl (C=O) groups excluding carboxylic acids is 1. The zero-order valence-corrected chi connectivity index (χ0v) is 14.7. The molecule has 3 N–H and O–H groups in total. The first kappa shape index (κ1) is 18.1. The highest BCUT2D eigenvalue weighted by Crippen LogP contribution is 2.25. The molecule has 0 aromatic rings. The maximum Gasteiger partial charge on any atom is 0.220 e. The SMILES string of the molecule is CN=C(NCCNC(=O)CC1CCCCC1)NC1CCCCC1. The van der Waals surface area contributed by atoms with Crippen LogP contribution in [0.3, 0.4) is 0 Å². The van der Waals surface area contributed by atoms with Gasteiger partial charge in [-0.3, -0.25) is 9.79 Å². The fraction of sp³-hybridized carbons (Fsp3) is 0.889. The summed E-state index contributed by atoms with van der Waals surface area (Å²) in [7, 11) is 1.81. The first-order chi connectivity index (χ1) is 11.3. The number of guanidine groups is 1. The van der Waals surface area contributed by atoms with Crippen molar-refractivity contribution in [3.05, 3.63) is 0 Å². The van der Waals surface area contributed by atoms with Crippen LogP contribution in [0.25, 0.3) is 0 Å². The lowest BCUT2D eigenvalue weighted by Gasteiger charge is -2.25. The third-order valence-corrected chi connectivity index (χ3v) is 5.11. The van der Waals surface area contributed by atoms with Gasteiger partial charge in [-0.05, 0) is 31.6 Å². The lowest BCUT2D eigenvalue weighted by atomic mass is 9.87. The molecule has 0 atom stereocenters. The minimum absolute atomic E-state index is 0.203. The van der Waals surface area contributed by atoms with Crippen molar-refractivity contribution in [1.29, 1.82) is 0 Å². The van der Waals surface area contributed by atoms with Gasteiger partial charge in [0.25, 0.3) is 0 Å². The summed E-state index contributed by atoms with van der Waals surface area (Å²) >= 11 is 0. The van der Waals surface area contributed by atoms with E-state index in [9.17, 15) is 4.79 Å². The number of hydrogen-bond donors (Lipinski definition) is 3. The molecule has 2 fully saturated rings. The Hall–Kier alpha value is -1.26. The molecule has 5 heteroatoms. The molecular weight excluding hydrogens is 288 g/mol. The van der Waals surface area contributed by atoms with Crippen LogP contribution in [0.4, 0.5) is 0 Å². The summed E-state index contributed by atoms with van der Waals surface area (Å²) in [6.45, 7) is 1.39. The quantitative estimate of drug-likeness (QED) is 0.400. The van der Waals surface area contributed by atoms with Gasteiger partial charge in [-0.25, -0.2) is 0 Å². The summed E-state index contributed by atoms with van der Waals surface area (Å²) < 4.78 is 0. The first-order valence-electron chi connectivity index (χ1n) is 9.52. The smallest absolute Gasteiger partial charge is 0.220 e. The second-order valence-electron chi connectivity index (χ2n) is 7.04. The van der Waals surface area contributed by atoms with Crippen molar-refractivity contribution in [2.75, 3.05) is 20.1 Å². The van der Waals surface area contributed by atoms with Crippen molar-refractivity contribution in [3.63, 3.8) is 0 Å². The Morgan fingerprint density at radius 3 is 2.17 bits per heavy atom. The molecule has 0 bridgehead atoms. The molecule has 2 aliphatic carbocycles. The first-order valence-corrected chi connectivity index (χ1v) is 9.52. The molecule has 0 saturated heterocycles. The van der Waals surface area contributed by atoms with Crippen molar-refractivity contribution in [2.45, 2.75) is 76.7 Å². The van der Waals surface area contributed by atoms with Crippen LogP contribution in [0.1, 0.15) is 70.6 Å². The predicted octanol–water partition coefficient (Wildman–Crippen LogP) is 2.57. The molecule has 2 rings (SSSR count). The molecule has 0 aromatic carbocycles. The van der Waals surface area contributed by atoms with Gasteiger partial charge >= 0.3 is 0 Å². The number of hydrogen-bond acceptors (Lipinski definition) is 2. The molecular formula is C18H34N4O. The minimum Gasteiger partial charge on any atom is -0.355 e. The highest BCUT2D eigenvalue weighted by molar-refractivity contribution is 5.80. The zero-order valence-electron chi connectivity index (χ0n) is 14.7. The van der Waals surface area contributed by atoms with Crippen molar-refractivity contribution >= 4 is 11.9 Å². The number of aliphatic imine (C=N–C) groups is 1. The van der Waals surface area contributed by atoms with Gasteiger partial charge in [0.15, 0.2) is 5.96 Å². The molecule has 0 unspecified atom stereocenters. The van der Waals surface area contributed by atoms with Crippen LogP contribution in [0.15, 0.2) is 4.99 Å². The molecule has 5 nitrogen and oxygen atoms in total. The highest BCUT2D eigenvalue weighted by Gasteiger charge is 2.17. The van der Waals surface area contributed by atoms with Crippen LogP contribution in [0.5, 0.6) is 0 Å². The van der Waals surface area contributed by atoms with Gasteiger partial charge in [0.1, 0.15) is 0 Å². The molecule has 132 valence electrons. The number of nitrogens with one attached hydrogen (secondary N) is 3. The van der Waals surface area contributed by atoms with E-state index in [2.05, 4.69) is 20.9 Å². The molecule has 23 heavy (non-hydrogen) atoms. The summed E-state index contributed by atoms with van der Waals surface area (Å²) in [5, 5.41) is 9.81. The second-order valence-corrected chi connectivity index (χ2v) is 7.04. The van der Waals surface area contributed by atoms with Gasteiger partial charge in [-0.2, -0.15) is 0 Å². The summed E-state index contributed by atoms with van der Waals surface area (Å²) in [6, 6.07) is 0.552. The van der Waals surface area contributed by atoms with E-state index in [1.54, 1.807) is 7.05 Å². The number of rotatable bonds is 6. The lowest BCUT2D eigenvalue weighted by molar-refractivity contribution is -0.122. The van der Waals surface area contributed by atoms with Crippen molar-refractivity contribution in [3.8, 4) is 0 Å². The number of amides is 1. The monoisotopic (exact) mass is 322 g/mol. The largest absolute Gasteiger partial charge is 0.355 e. The number of nitrogens with zero attached hydrogens (tertiary/aromatic N) is 1. The average molecular weight is 322 g/mol. The van der Waals surface area contributed by atoms with E-state index >= 15 is 0 Å². The van der Waals surface area contributed by atoms with Crippen LogP contribution < -0.4 is 16.0 Å². The zero-order chi connectivity index (χ0) is 16.3. The van der Waals surface area contributed by atoms with E-state index in [1.807, 2.05) is 0 Å². The van der Waals surface area contributed by atoms with E-state index in [-0.39, 0.29) is 5.91 Å². The van der Waals surface area contributed by atoms with Gasteiger partial charge in [0.2, 0.25) is 5.91 Å². The van der Waals surface area contributed by atoms with Crippen LogP contribution in [-0.2, 0) is 4.79 Å². The van der Waals surface area contributed by atoms with Crippen molar-refractivity contribution < 1.29 is 4.79 Å². The van der Waals surface area contributed by atoms with Gasteiger partial charge in [-0.15, -0.1) is 0 Å². The van der Waals surface area contributed by atoms with E-state index in [1.165, 1.54) is 64.2 Å². The molecule has 0 aromatic heterocycles. The molecule has 0 aliphatic heterocycles. The van der Waals surface area contributed by atoms with E-state index < -0.39 is 0 Å². The maximum absolute atomic E-state index is 12.0. The predicted molar refractivity (Wildman–Crippen MR) is 95.6 cm³/mol. The summed E-state index contributed by atoms with van der Waals surface area (Å²) in [6.07, 6.45) is 13.5. The fourth-order valence-corrected chi connectivity index (χ4v) is 3.74. The van der Waals surface area contributed by atoms with Gasteiger partial charge < -0.3 is 16.0 Å². The minimum atomic E-state index is 0.203. The Balaban J connectivity index is 1.55. The van der Waals surface area contributed by atoms with E-state index in [0.717, 1.165) is 12.5 Å². The van der Waals surface area contributed by atoms with Crippen LogP contribution in [-0.4, -0.2) is 38.0 Å². The van der Waals surface area contributed by atoms with E-state index in [4.69, 9.17) is 0 Å². The molecule has 2 aliphatic rings. The lowest BCUT2D eigenvalue weighted by Crippen LogP contribution is -2.46. The summed E-state index contributed by atoms with van der Waals surface area (Å²) in [4.78, 5) is 16.2. The standard InChI is InChI=1S/C18H34N4O/c1-19-18(22-16-10-6-3-7-11-16)21-13-12-20-17(23)14-15-8-4-2-5-9-15/h15-16H,2-14H2,1H3,(H,20,23)(H2,19,21,22). The maximum atomic E-state index is 12.0. The topological polar surface area (TPSA) is 65.5 Å². The summed E-state index contributed by atoms with van der Waals surface area (Å²) in [5.74, 6) is 1.67. The van der Waals surface area contributed by atoms with Crippen LogP contribution in [0, 0.1) is 5.92 Å². The normalized spacial score (nSPS) is 21.0. The number of carbonyl (C=O) groups is 1. The Bertz CT molecular complexity index is 371. The molecule has 0 radical (unpaired) electrons. The van der Waals surface area contributed by atoms with Crippen LogP contribution >= 0.6 is 0 Å². The highest BCUT2D eigenvalue weighted by atomic mass is 16.1. The molecule has 0 heterocycles. The van der Waals surface area contributed by atoms with Gasteiger partial charge in [-0.1, -0.05) is 38.5 Å². The molecule has 2 saturated carbocycles. The Labute approximate surface area is 141 Å². The van der Waals surface area contributed by atoms with Crippen molar-refractivity contribution in [2.24, 2.45) is 10.9 Å². The molecule has 0 spiro atoms. The van der Waals surface area contributed by atoms with Crippen molar-refractivity contribution in [1.82, 2.24) is 16.0 Å². The van der Waals surface area contributed by atoms with E-state index in [0.29, 0.717) is 24.9 Å². The third-order valence-electron chi connectivity index (χ3n) is 5.11. The second kappa shape index (κ2) is 10.5. The average Bonchev–Trinajstić information content (AvgIpc) is 2.59. The van der Waals surface area contributed by atoms with Gasteiger partial charge in [0, 0.05) is 32.6 Å². The third kappa shape index (κ3) is 7.23. The Kier molecular flexibility index (Phi) is 8.26. The summed E-state index contributed by atoms with van der Waals surface area (Å²) in [5.41, 5.74) is 0. The molecule has 1 amide bonds.